The Bertz CT molecular complexity index is 2090. The van der Waals surface area contributed by atoms with E-state index in [2.05, 4.69) is 34.5 Å². The standard InChI is InChI=1S/C40H46F2N10O4/c1-25(53)49-12-8-34-32(24-49)39(46-52(34)28-9-17-56-18-10-28)51-11-2-3-26-19-30(31(38(41)42)20-35(26)51)27-4-6-36(43-21-27)50-22-29(23-50)47-13-15-48(16-14-47)37-7-5-33(40(54)55)44-45-37/h4-7,19-21,28-29,38H,2-3,8-18,22-24H2,1H3,(H,54,55). The molecular weight excluding hydrogens is 723 g/mol. The van der Waals surface area contributed by atoms with Crippen LogP contribution in [0.2, 0.25) is 0 Å². The van der Waals surface area contributed by atoms with Crippen molar-refractivity contribution in [3.05, 3.63) is 70.7 Å². The lowest BCUT2D eigenvalue weighted by Crippen LogP contribution is -2.63. The van der Waals surface area contributed by atoms with Crippen LogP contribution in [0.1, 0.15) is 71.5 Å². The summed E-state index contributed by atoms with van der Waals surface area (Å²) in [4.78, 5) is 39.1. The average Bonchev–Trinajstić information content (AvgIpc) is 3.59. The number of hydrogen-bond acceptors (Lipinski definition) is 11. The number of pyridine rings is 1. The van der Waals surface area contributed by atoms with Gasteiger partial charge in [0.15, 0.2) is 17.3 Å². The third-order valence-corrected chi connectivity index (χ3v) is 12.2. The van der Waals surface area contributed by atoms with Gasteiger partial charge in [-0.2, -0.15) is 5.10 Å². The highest BCUT2D eigenvalue weighted by molar-refractivity contribution is 5.85. The zero-order chi connectivity index (χ0) is 38.5. The van der Waals surface area contributed by atoms with E-state index in [4.69, 9.17) is 19.9 Å². The van der Waals surface area contributed by atoms with Gasteiger partial charge < -0.3 is 29.4 Å². The Kier molecular flexibility index (Phi) is 9.77. The maximum atomic E-state index is 15.0. The summed E-state index contributed by atoms with van der Waals surface area (Å²) in [5, 5.41) is 22.2. The van der Waals surface area contributed by atoms with E-state index in [1.807, 2.05) is 23.1 Å². The zero-order valence-electron chi connectivity index (χ0n) is 31.5. The molecule has 3 saturated heterocycles. The van der Waals surface area contributed by atoms with Crippen LogP contribution in [0.25, 0.3) is 11.1 Å². The number of aryl methyl sites for hydroxylation is 1. The number of carbonyl (C=O) groups excluding carboxylic acids is 1. The van der Waals surface area contributed by atoms with E-state index >= 15 is 0 Å². The van der Waals surface area contributed by atoms with Gasteiger partial charge in [0, 0.05) is 119 Å². The fraction of sp³-hybridized carbons (Fsp3) is 0.500. The van der Waals surface area contributed by atoms with Gasteiger partial charge in [-0.25, -0.2) is 18.6 Å². The van der Waals surface area contributed by atoms with Gasteiger partial charge >= 0.3 is 5.97 Å². The van der Waals surface area contributed by atoms with Gasteiger partial charge in [0.05, 0.1) is 12.6 Å². The van der Waals surface area contributed by atoms with Crippen molar-refractivity contribution in [2.24, 2.45) is 0 Å². The van der Waals surface area contributed by atoms with Crippen molar-refractivity contribution in [3.8, 4) is 11.1 Å². The van der Waals surface area contributed by atoms with Crippen molar-refractivity contribution in [1.82, 2.24) is 34.8 Å². The number of benzene rings is 1. The first kappa shape index (κ1) is 36.4. The number of nitrogens with zero attached hydrogens (tertiary/aromatic N) is 10. The van der Waals surface area contributed by atoms with Gasteiger partial charge in [0.25, 0.3) is 6.43 Å². The van der Waals surface area contributed by atoms with Crippen molar-refractivity contribution in [1.29, 1.82) is 0 Å². The monoisotopic (exact) mass is 768 g/mol. The van der Waals surface area contributed by atoms with Crippen LogP contribution in [0.4, 0.5) is 31.9 Å². The smallest absolute Gasteiger partial charge is 0.356 e. The van der Waals surface area contributed by atoms with E-state index in [-0.39, 0.29) is 23.2 Å². The second-order valence-corrected chi connectivity index (χ2v) is 15.4. The Morgan fingerprint density at radius 1 is 0.893 bits per heavy atom. The van der Waals surface area contributed by atoms with Gasteiger partial charge in [-0.1, -0.05) is 0 Å². The first-order valence-corrected chi connectivity index (χ1v) is 19.6. The van der Waals surface area contributed by atoms with E-state index in [0.717, 1.165) is 99.1 Å². The van der Waals surface area contributed by atoms with Crippen LogP contribution in [0.3, 0.4) is 0 Å². The molecule has 3 aromatic heterocycles. The number of rotatable bonds is 8. The normalized spacial score (nSPS) is 19.6. The lowest BCUT2D eigenvalue weighted by Gasteiger charge is -2.48. The molecule has 0 bridgehead atoms. The number of alkyl halides is 2. The highest BCUT2D eigenvalue weighted by Crippen LogP contribution is 2.44. The van der Waals surface area contributed by atoms with Gasteiger partial charge in [0.2, 0.25) is 5.91 Å². The molecule has 8 heterocycles. The number of amides is 1. The highest BCUT2D eigenvalue weighted by atomic mass is 19.3. The summed E-state index contributed by atoms with van der Waals surface area (Å²) in [5.74, 6) is 1.20. The molecule has 1 amide bonds. The lowest BCUT2D eigenvalue weighted by atomic mass is 9.92. The third-order valence-electron chi connectivity index (χ3n) is 12.2. The fourth-order valence-corrected chi connectivity index (χ4v) is 8.97. The van der Waals surface area contributed by atoms with Crippen LogP contribution in [0, 0.1) is 0 Å². The zero-order valence-corrected chi connectivity index (χ0v) is 31.5. The molecule has 16 heteroatoms. The summed E-state index contributed by atoms with van der Waals surface area (Å²) in [6, 6.07) is 11.2. The largest absolute Gasteiger partial charge is 0.476 e. The molecule has 5 aliphatic heterocycles. The minimum absolute atomic E-state index is 0.0209. The Balaban J connectivity index is 0.906. The molecule has 294 valence electrons. The maximum Gasteiger partial charge on any atom is 0.356 e. The molecular formula is C40H46F2N10O4. The first-order chi connectivity index (χ1) is 27.2. The third kappa shape index (κ3) is 6.82. The molecule has 0 radical (unpaired) electrons. The topological polar surface area (TPSA) is 136 Å². The van der Waals surface area contributed by atoms with E-state index in [1.165, 1.54) is 6.07 Å². The summed E-state index contributed by atoms with van der Waals surface area (Å²) in [5.41, 5.74) is 4.99. The van der Waals surface area contributed by atoms with Crippen molar-refractivity contribution in [2.45, 2.75) is 64.1 Å². The molecule has 1 aromatic carbocycles. The molecule has 5 aliphatic rings. The molecule has 9 rings (SSSR count). The van der Waals surface area contributed by atoms with Crippen LogP contribution in [-0.2, 0) is 28.9 Å². The van der Waals surface area contributed by atoms with Gasteiger partial charge in [-0.05, 0) is 73.2 Å². The summed E-state index contributed by atoms with van der Waals surface area (Å²) in [6.45, 7) is 9.64. The van der Waals surface area contributed by atoms with Crippen LogP contribution in [0.15, 0.2) is 42.6 Å². The molecule has 0 unspecified atom stereocenters. The molecule has 0 atom stereocenters. The number of carboxylic acid groups (broad SMARTS) is 1. The summed E-state index contributed by atoms with van der Waals surface area (Å²) in [7, 11) is 0. The minimum Gasteiger partial charge on any atom is -0.476 e. The van der Waals surface area contributed by atoms with Crippen LogP contribution in [0.5, 0.6) is 0 Å². The number of aromatic nitrogens is 5. The number of halogens is 2. The SMILES string of the molecule is CC(=O)N1CCc2c(c(N3CCCc4cc(-c5ccc(N6CC(N7CCN(c8ccc(C(=O)O)nn8)CC7)C6)nc5)c(C(F)F)cc43)nn2C2CCOCC2)C1. The van der Waals surface area contributed by atoms with Crippen molar-refractivity contribution in [2.75, 3.05) is 80.3 Å². The molecule has 4 aromatic rings. The van der Waals surface area contributed by atoms with Gasteiger partial charge in [-0.15, -0.1) is 10.2 Å². The number of piperazine rings is 1. The number of fused-ring (bicyclic) bond motifs is 2. The van der Waals surface area contributed by atoms with Crippen molar-refractivity contribution < 1.29 is 28.2 Å². The number of anilines is 4. The van der Waals surface area contributed by atoms with Crippen molar-refractivity contribution >= 4 is 35.0 Å². The summed E-state index contributed by atoms with van der Waals surface area (Å²) >= 11 is 0. The molecule has 0 saturated carbocycles. The number of carboxylic acids is 1. The van der Waals surface area contributed by atoms with E-state index in [0.29, 0.717) is 62.3 Å². The molecule has 56 heavy (non-hydrogen) atoms. The molecule has 0 aliphatic carbocycles. The Morgan fingerprint density at radius 2 is 1.68 bits per heavy atom. The van der Waals surface area contributed by atoms with Crippen LogP contribution in [-0.4, -0.2) is 123 Å². The molecule has 3 fully saturated rings. The average molecular weight is 769 g/mol. The van der Waals surface area contributed by atoms with Gasteiger partial charge in [0.1, 0.15) is 5.82 Å². The van der Waals surface area contributed by atoms with Gasteiger partial charge in [-0.3, -0.25) is 14.4 Å². The molecule has 14 nitrogen and oxygen atoms in total. The number of aromatic carboxylic acids is 1. The van der Waals surface area contributed by atoms with Crippen molar-refractivity contribution in [3.63, 3.8) is 0 Å². The second-order valence-electron chi connectivity index (χ2n) is 15.4. The minimum atomic E-state index is -2.69. The first-order valence-electron chi connectivity index (χ1n) is 19.6. The molecule has 1 N–H and O–H groups in total. The van der Waals surface area contributed by atoms with Crippen LogP contribution < -0.4 is 14.7 Å². The number of carbonyl (C=O) groups is 2. The highest BCUT2D eigenvalue weighted by Gasteiger charge is 2.36. The predicted molar refractivity (Wildman–Crippen MR) is 205 cm³/mol. The fourth-order valence-electron chi connectivity index (χ4n) is 8.97. The van der Waals surface area contributed by atoms with Crippen LogP contribution >= 0.6 is 0 Å². The Morgan fingerprint density at radius 3 is 2.36 bits per heavy atom. The van der Waals surface area contributed by atoms with E-state index < -0.39 is 12.4 Å². The maximum absolute atomic E-state index is 15.0. The Hall–Kier alpha value is -5.22. The summed E-state index contributed by atoms with van der Waals surface area (Å²) in [6.07, 6.45) is 3.10. The van der Waals surface area contributed by atoms with E-state index in [9.17, 15) is 18.4 Å². The van der Waals surface area contributed by atoms with E-state index in [1.54, 1.807) is 25.3 Å². The number of hydrogen-bond donors (Lipinski definition) is 1. The number of ether oxygens (including phenoxy) is 1. The second kappa shape index (κ2) is 15.0. The summed E-state index contributed by atoms with van der Waals surface area (Å²) < 4.78 is 37.7. The quantitative estimate of drug-likeness (QED) is 0.266. The predicted octanol–water partition coefficient (Wildman–Crippen LogP) is 4.72. The molecule has 0 spiro atoms. The lowest BCUT2D eigenvalue weighted by molar-refractivity contribution is -0.129. The Labute approximate surface area is 323 Å².